The number of aromatic nitrogens is 3. The summed E-state index contributed by atoms with van der Waals surface area (Å²) in [5, 5.41) is 17.0. The van der Waals surface area contributed by atoms with Gasteiger partial charge in [0.15, 0.2) is 5.69 Å². The van der Waals surface area contributed by atoms with Crippen molar-refractivity contribution in [1.29, 1.82) is 0 Å². The molecule has 0 unspecified atom stereocenters. The monoisotopic (exact) mass is 237 g/mol. The van der Waals surface area contributed by atoms with Crippen molar-refractivity contribution in [1.82, 2.24) is 15.0 Å². The molecule has 0 atom stereocenters. The van der Waals surface area contributed by atoms with Crippen molar-refractivity contribution in [3.8, 4) is 0 Å². The molecule has 2 rings (SSSR count). The molecule has 17 heavy (non-hydrogen) atoms. The molecular weight excluding hydrogens is 218 g/mol. The van der Waals surface area contributed by atoms with E-state index in [1.54, 1.807) is 4.68 Å². The van der Waals surface area contributed by atoms with Crippen LogP contribution in [0.1, 0.15) is 67.5 Å². The highest BCUT2D eigenvalue weighted by atomic mass is 16.4. The second kappa shape index (κ2) is 5.29. The number of aromatic carboxylic acids is 1. The number of carboxylic acids is 1. The third-order valence-electron chi connectivity index (χ3n) is 3.40. The van der Waals surface area contributed by atoms with Crippen LogP contribution in [0.2, 0.25) is 0 Å². The standard InChI is InChI=1S/C12H19N3O2/c1-2-8-15-11(9-6-4-3-5-7-9)10(12(16)17)13-14-15/h9H,2-8H2,1H3,(H,16,17). The van der Waals surface area contributed by atoms with Crippen molar-refractivity contribution in [2.24, 2.45) is 0 Å². The Labute approximate surface area is 101 Å². The zero-order valence-electron chi connectivity index (χ0n) is 10.2. The van der Waals surface area contributed by atoms with Gasteiger partial charge in [0, 0.05) is 12.5 Å². The Bertz CT molecular complexity index is 394. The van der Waals surface area contributed by atoms with Crippen LogP contribution in [0.5, 0.6) is 0 Å². The third kappa shape index (κ3) is 2.48. The molecule has 5 nitrogen and oxygen atoms in total. The number of hydrogen-bond donors (Lipinski definition) is 1. The Hall–Kier alpha value is -1.39. The lowest BCUT2D eigenvalue weighted by molar-refractivity contribution is 0.0688. The van der Waals surface area contributed by atoms with Crippen LogP contribution in [0, 0.1) is 0 Å². The molecule has 1 fully saturated rings. The predicted octanol–water partition coefficient (Wildman–Crippen LogP) is 2.43. The van der Waals surface area contributed by atoms with Gasteiger partial charge in [0.25, 0.3) is 0 Å². The van der Waals surface area contributed by atoms with Crippen LogP contribution in [0.3, 0.4) is 0 Å². The largest absolute Gasteiger partial charge is 0.476 e. The van der Waals surface area contributed by atoms with Gasteiger partial charge < -0.3 is 5.11 Å². The lowest BCUT2D eigenvalue weighted by Gasteiger charge is -2.22. The zero-order valence-corrected chi connectivity index (χ0v) is 10.2. The molecule has 0 aromatic carbocycles. The van der Waals surface area contributed by atoms with Gasteiger partial charge >= 0.3 is 5.97 Å². The molecule has 1 heterocycles. The summed E-state index contributed by atoms with van der Waals surface area (Å²) in [6.07, 6.45) is 6.70. The Kier molecular flexibility index (Phi) is 3.76. The molecule has 0 saturated heterocycles. The molecule has 1 aliphatic carbocycles. The average molecular weight is 237 g/mol. The number of carboxylic acid groups (broad SMARTS) is 1. The second-order valence-corrected chi connectivity index (χ2v) is 4.69. The summed E-state index contributed by atoms with van der Waals surface area (Å²) in [4.78, 5) is 11.2. The van der Waals surface area contributed by atoms with Crippen LogP contribution in [-0.2, 0) is 6.54 Å². The number of nitrogens with zero attached hydrogens (tertiary/aromatic N) is 3. The zero-order chi connectivity index (χ0) is 12.3. The van der Waals surface area contributed by atoms with Gasteiger partial charge in [0.05, 0.1) is 5.69 Å². The molecule has 1 aromatic rings. The van der Waals surface area contributed by atoms with Crippen LogP contribution >= 0.6 is 0 Å². The van der Waals surface area contributed by atoms with Gasteiger partial charge in [0.2, 0.25) is 0 Å². The minimum Gasteiger partial charge on any atom is -0.476 e. The Morgan fingerprint density at radius 3 is 2.71 bits per heavy atom. The number of hydrogen-bond acceptors (Lipinski definition) is 3. The van der Waals surface area contributed by atoms with Crippen molar-refractivity contribution in [3.63, 3.8) is 0 Å². The summed E-state index contributed by atoms with van der Waals surface area (Å²) < 4.78 is 1.79. The van der Waals surface area contributed by atoms with Crippen LogP contribution in [0.25, 0.3) is 0 Å². The summed E-state index contributed by atoms with van der Waals surface area (Å²) in [5.41, 5.74) is 1.00. The first-order chi connectivity index (χ1) is 8.24. The first kappa shape index (κ1) is 12.1. The third-order valence-corrected chi connectivity index (χ3v) is 3.40. The topological polar surface area (TPSA) is 68.0 Å². The normalized spacial score (nSPS) is 17.2. The summed E-state index contributed by atoms with van der Waals surface area (Å²) in [5.74, 6) is -0.621. The van der Waals surface area contributed by atoms with E-state index in [-0.39, 0.29) is 5.69 Å². The summed E-state index contributed by atoms with van der Waals surface area (Å²) in [7, 11) is 0. The number of carbonyl (C=O) groups is 1. The molecule has 1 aromatic heterocycles. The molecule has 94 valence electrons. The molecule has 1 N–H and O–H groups in total. The minimum absolute atomic E-state index is 0.158. The molecule has 5 heteroatoms. The van der Waals surface area contributed by atoms with Crippen molar-refractivity contribution in [2.75, 3.05) is 0 Å². The maximum absolute atomic E-state index is 11.2. The quantitative estimate of drug-likeness (QED) is 0.873. The van der Waals surface area contributed by atoms with E-state index in [4.69, 9.17) is 5.11 Å². The van der Waals surface area contributed by atoms with Crippen LogP contribution in [-0.4, -0.2) is 26.1 Å². The fourth-order valence-corrected chi connectivity index (χ4v) is 2.63. The first-order valence-electron chi connectivity index (χ1n) is 6.40. The maximum atomic E-state index is 11.2. The van der Waals surface area contributed by atoms with E-state index in [1.807, 2.05) is 0 Å². The van der Waals surface area contributed by atoms with E-state index in [2.05, 4.69) is 17.2 Å². The minimum atomic E-state index is -0.951. The molecule has 1 saturated carbocycles. The van der Waals surface area contributed by atoms with E-state index >= 15 is 0 Å². The molecule has 0 amide bonds. The second-order valence-electron chi connectivity index (χ2n) is 4.69. The Morgan fingerprint density at radius 1 is 1.41 bits per heavy atom. The molecule has 0 bridgehead atoms. The van der Waals surface area contributed by atoms with Gasteiger partial charge in [-0.15, -0.1) is 5.10 Å². The predicted molar refractivity (Wildman–Crippen MR) is 63.1 cm³/mol. The molecule has 0 aliphatic heterocycles. The maximum Gasteiger partial charge on any atom is 0.358 e. The Balaban J connectivity index is 2.32. The molecule has 0 spiro atoms. The van der Waals surface area contributed by atoms with E-state index < -0.39 is 5.97 Å². The van der Waals surface area contributed by atoms with Crippen LogP contribution in [0.4, 0.5) is 0 Å². The smallest absolute Gasteiger partial charge is 0.358 e. The SMILES string of the molecule is CCCn1nnc(C(=O)O)c1C1CCCCC1. The summed E-state index contributed by atoms with van der Waals surface area (Å²) in [6.45, 7) is 2.82. The lowest BCUT2D eigenvalue weighted by atomic mass is 9.86. The van der Waals surface area contributed by atoms with Gasteiger partial charge in [-0.3, -0.25) is 0 Å². The van der Waals surface area contributed by atoms with Crippen molar-refractivity contribution in [2.45, 2.75) is 57.9 Å². The van der Waals surface area contributed by atoms with Crippen molar-refractivity contribution >= 4 is 5.97 Å². The van der Waals surface area contributed by atoms with Gasteiger partial charge in [0.1, 0.15) is 0 Å². The molecule has 0 radical (unpaired) electrons. The first-order valence-corrected chi connectivity index (χ1v) is 6.40. The van der Waals surface area contributed by atoms with Crippen molar-refractivity contribution in [3.05, 3.63) is 11.4 Å². The van der Waals surface area contributed by atoms with E-state index in [0.717, 1.165) is 31.5 Å². The Morgan fingerprint density at radius 2 is 2.12 bits per heavy atom. The fraction of sp³-hybridized carbons (Fsp3) is 0.750. The summed E-state index contributed by atoms with van der Waals surface area (Å²) in [6, 6.07) is 0. The van der Waals surface area contributed by atoms with Gasteiger partial charge in [-0.1, -0.05) is 31.4 Å². The molecular formula is C12H19N3O2. The highest BCUT2D eigenvalue weighted by Gasteiger charge is 2.27. The van der Waals surface area contributed by atoms with Gasteiger partial charge in [-0.2, -0.15) is 0 Å². The van der Waals surface area contributed by atoms with E-state index in [9.17, 15) is 4.79 Å². The van der Waals surface area contributed by atoms with Crippen LogP contribution in [0.15, 0.2) is 0 Å². The van der Waals surface area contributed by atoms with E-state index in [1.165, 1.54) is 19.3 Å². The van der Waals surface area contributed by atoms with Crippen molar-refractivity contribution < 1.29 is 9.90 Å². The van der Waals surface area contributed by atoms with Gasteiger partial charge in [-0.25, -0.2) is 9.48 Å². The number of rotatable bonds is 4. The average Bonchev–Trinajstić information content (AvgIpc) is 2.74. The van der Waals surface area contributed by atoms with E-state index in [0.29, 0.717) is 5.92 Å². The highest BCUT2D eigenvalue weighted by molar-refractivity contribution is 5.86. The lowest BCUT2D eigenvalue weighted by Crippen LogP contribution is -2.15. The van der Waals surface area contributed by atoms with Gasteiger partial charge in [-0.05, 0) is 19.3 Å². The fourth-order valence-electron chi connectivity index (χ4n) is 2.63. The van der Waals surface area contributed by atoms with Crippen LogP contribution < -0.4 is 0 Å². The number of aryl methyl sites for hydroxylation is 1. The highest BCUT2D eigenvalue weighted by Crippen LogP contribution is 2.33. The molecule has 1 aliphatic rings. The summed E-state index contributed by atoms with van der Waals surface area (Å²) >= 11 is 0.